The minimum atomic E-state index is -0.583. The van der Waals surface area contributed by atoms with Crippen LogP contribution in [0.15, 0.2) is 53.5 Å². The van der Waals surface area contributed by atoms with Crippen molar-refractivity contribution in [3.05, 3.63) is 65.2 Å². The number of rotatable bonds is 5. The fourth-order valence-electron chi connectivity index (χ4n) is 5.74. The summed E-state index contributed by atoms with van der Waals surface area (Å²) in [4.78, 5) is 33.0. The van der Waals surface area contributed by atoms with Gasteiger partial charge in [-0.25, -0.2) is 4.99 Å². The number of aliphatic imine (C=N–C) groups is 1. The molecular formula is C29H33N5O3. The van der Waals surface area contributed by atoms with Crippen molar-refractivity contribution in [3.8, 4) is 11.8 Å². The normalized spacial score (nSPS) is 26.1. The van der Waals surface area contributed by atoms with Gasteiger partial charge >= 0.3 is 0 Å². The average molecular weight is 500 g/mol. The maximum atomic E-state index is 13.5. The zero-order chi connectivity index (χ0) is 26.5. The lowest BCUT2D eigenvalue weighted by molar-refractivity contribution is -0.132. The fraction of sp³-hybridized carbons (Fsp3) is 0.448. The molecule has 3 aliphatic rings. The molecule has 2 amide bonds. The van der Waals surface area contributed by atoms with Crippen LogP contribution in [0.1, 0.15) is 75.7 Å². The van der Waals surface area contributed by atoms with Crippen molar-refractivity contribution in [2.75, 3.05) is 0 Å². The molecular weight excluding hydrogens is 466 g/mol. The number of hydrogen-bond donors (Lipinski definition) is 2. The molecule has 4 atom stereocenters. The van der Waals surface area contributed by atoms with E-state index in [9.17, 15) is 14.9 Å². The second-order valence-electron chi connectivity index (χ2n) is 11.6. The van der Waals surface area contributed by atoms with Crippen LogP contribution >= 0.6 is 0 Å². The van der Waals surface area contributed by atoms with E-state index in [-0.39, 0.29) is 42.1 Å². The van der Waals surface area contributed by atoms with E-state index in [0.717, 1.165) is 16.9 Å². The first-order valence-corrected chi connectivity index (χ1v) is 12.7. The predicted octanol–water partition coefficient (Wildman–Crippen LogP) is 3.98. The monoisotopic (exact) mass is 499 g/mol. The Labute approximate surface area is 217 Å². The number of hydrogen-bond acceptors (Lipinski definition) is 6. The number of nitrogens with zero attached hydrogens (tertiary/aromatic N) is 3. The molecule has 2 heterocycles. The SMILES string of the molecule is CC1(C)CC(=O)N([C@H](c2cccc(C#N)c2)[C@H]2C[C@@H]2C(=O)N[C@H]2CC(C)(C)Oc3ccccc32)C(N)=N1. The van der Waals surface area contributed by atoms with Crippen LogP contribution in [0.25, 0.3) is 0 Å². The van der Waals surface area contributed by atoms with Gasteiger partial charge in [-0.05, 0) is 63.8 Å². The van der Waals surface area contributed by atoms with E-state index in [0.29, 0.717) is 18.4 Å². The highest BCUT2D eigenvalue weighted by atomic mass is 16.5. The molecule has 192 valence electrons. The number of guanidine groups is 1. The molecule has 2 aliphatic heterocycles. The lowest BCUT2D eigenvalue weighted by atomic mass is 9.89. The third-order valence-corrected chi connectivity index (χ3v) is 7.43. The Bertz CT molecular complexity index is 1320. The van der Waals surface area contributed by atoms with Gasteiger partial charge in [-0.2, -0.15) is 5.26 Å². The summed E-state index contributed by atoms with van der Waals surface area (Å²) in [6, 6.07) is 16.5. The minimum Gasteiger partial charge on any atom is -0.487 e. The molecule has 8 heteroatoms. The average Bonchev–Trinajstić information content (AvgIpc) is 3.60. The zero-order valence-corrected chi connectivity index (χ0v) is 21.7. The third-order valence-electron chi connectivity index (χ3n) is 7.43. The van der Waals surface area contributed by atoms with E-state index >= 15 is 0 Å². The standard InChI is InChI=1S/C29H33N5O3/c1-28(2)15-24(35)34(27(31)33-28)25(18-9-7-8-17(12-18)16-30)20-13-21(20)26(36)32-22-14-29(3,4)37-23-11-6-5-10-19(22)23/h5-12,20-22,25H,13-15H2,1-4H3,(H2,31,33)(H,32,36)/t20-,21-,22-,25+/m0/s1. The summed E-state index contributed by atoms with van der Waals surface area (Å²) >= 11 is 0. The molecule has 5 rings (SSSR count). The van der Waals surface area contributed by atoms with E-state index in [1.54, 1.807) is 18.2 Å². The first-order chi connectivity index (χ1) is 17.5. The summed E-state index contributed by atoms with van der Waals surface area (Å²) in [7, 11) is 0. The topological polar surface area (TPSA) is 121 Å². The lowest BCUT2D eigenvalue weighted by Crippen LogP contribution is -2.52. The van der Waals surface area contributed by atoms with Crippen LogP contribution in [0.2, 0.25) is 0 Å². The number of nitrogens with one attached hydrogen (secondary N) is 1. The van der Waals surface area contributed by atoms with Crippen molar-refractivity contribution >= 4 is 17.8 Å². The van der Waals surface area contributed by atoms with Crippen LogP contribution in [0, 0.1) is 23.2 Å². The zero-order valence-electron chi connectivity index (χ0n) is 21.7. The van der Waals surface area contributed by atoms with Gasteiger partial charge in [0.1, 0.15) is 11.4 Å². The van der Waals surface area contributed by atoms with Gasteiger partial charge in [0, 0.05) is 17.9 Å². The summed E-state index contributed by atoms with van der Waals surface area (Å²) < 4.78 is 6.12. The van der Waals surface area contributed by atoms with Crippen molar-refractivity contribution < 1.29 is 14.3 Å². The number of nitriles is 1. The molecule has 1 aliphatic carbocycles. The van der Waals surface area contributed by atoms with Crippen molar-refractivity contribution in [1.82, 2.24) is 10.2 Å². The fourth-order valence-corrected chi connectivity index (χ4v) is 5.74. The molecule has 2 aromatic rings. The van der Waals surface area contributed by atoms with Crippen LogP contribution < -0.4 is 15.8 Å². The van der Waals surface area contributed by atoms with Gasteiger partial charge in [0.15, 0.2) is 5.96 Å². The second kappa shape index (κ2) is 8.91. The summed E-state index contributed by atoms with van der Waals surface area (Å²) in [5, 5.41) is 12.7. The molecule has 2 aromatic carbocycles. The Morgan fingerprint density at radius 2 is 1.97 bits per heavy atom. The summed E-state index contributed by atoms with van der Waals surface area (Å²) in [6.45, 7) is 7.79. The lowest BCUT2D eigenvalue weighted by Gasteiger charge is -2.39. The Balaban J connectivity index is 1.42. The van der Waals surface area contributed by atoms with Crippen molar-refractivity contribution in [3.63, 3.8) is 0 Å². The molecule has 8 nitrogen and oxygen atoms in total. The van der Waals surface area contributed by atoms with Crippen LogP contribution in [0.4, 0.5) is 0 Å². The smallest absolute Gasteiger partial charge is 0.232 e. The van der Waals surface area contributed by atoms with Gasteiger partial charge in [-0.15, -0.1) is 0 Å². The second-order valence-corrected chi connectivity index (χ2v) is 11.6. The van der Waals surface area contributed by atoms with Gasteiger partial charge in [-0.3, -0.25) is 14.5 Å². The highest BCUT2D eigenvalue weighted by Crippen LogP contribution is 2.52. The highest BCUT2D eigenvalue weighted by molar-refractivity contribution is 5.99. The minimum absolute atomic E-state index is 0.0516. The highest BCUT2D eigenvalue weighted by Gasteiger charge is 2.53. The summed E-state index contributed by atoms with van der Waals surface area (Å²) in [6.07, 6.45) is 1.49. The molecule has 0 bridgehead atoms. The first-order valence-electron chi connectivity index (χ1n) is 12.7. The predicted molar refractivity (Wildman–Crippen MR) is 139 cm³/mol. The number of amides is 2. The van der Waals surface area contributed by atoms with Crippen LogP contribution in [0.3, 0.4) is 0 Å². The van der Waals surface area contributed by atoms with Gasteiger partial charge < -0.3 is 15.8 Å². The van der Waals surface area contributed by atoms with Crippen molar-refractivity contribution in [2.45, 2.75) is 70.2 Å². The van der Waals surface area contributed by atoms with Crippen molar-refractivity contribution in [1.29, 1.82) is 5.26 Å². The van der Waals surface area contributed by atoms with E-state index in [1.807, 2.05) is 58.0 Å². The van der Waals surface area contributed by atoms with E-state index in [2.05, 4.69) is 16.4 Å². The molecule has 0 aromatic heterocycles. The number of fused-ring (bicyclic) bond motifs is 1. The number of carbonyl (C=O) groups is 2. The third kappa shape index (κ3) is 4.91. The van der Waals surface area contributed by atoms with E-state index in [4.69, 9.17) is 10.5 Å². The maximum absolute atomic E-state index is 13.5. The summed E-state index contributed by atoms with van der Waals surface area (Å²) in [5.41, 5.74) is 7.60. The quantitative estimate of drug-likeness (QED) is 0.645. The molecule has 1 saturated carbocycles. The molecule has 37 heavy (non-hydrogen) atoms. The Morgan fingerprint density at radius 3 is 2.70 bits per heavy atom. The number of carbonyl (C=O) groups excluding carboxylic acids is 2. The Morgan fingerprint density at radius 1 is 1.22 bits per heavy atom. The van der Waals surface area contributed by atoms with Crippen LogP contribution in [-0.2, 0) is 9.59 Å². The maximum Gasteiger partial charge on any atom is 0.232 e. The first kappa shape index (κ1) is 24.8. The van der Waals surface area contributed by atoms with Crippen LogP contribution in [0.5, 0.6) is 5.75 Å². The van der Waals surface area contributed by atoms with Gasteiger partial charge in [0.05, 0.1) is 35.7 Å². The molecule has 0 saturated heterocycles. The number of nitrogens with two attached hydrogens (primary N) is 1. The Hall–Kier alpha value is -3.86. The van der Waals surface area contributed by atoms with Crippen LogP contribution in [-0.4, -0.2) is 33.8 Å². The number of para-hydroxylation sites is 1. The van der Waals surface area contributed by atoms with E-state index < -0.39 is 17.2 Å². The van der Waals surface area contributed by atoms with E-state index in [1.165, 1.54) is 4.90 Å². The van der Waals surface area contributed by atoms with Gasteiger partial charge in [0.25, 0.3) is 0 Å². The molecule has 3 N–H and O–H groups in total. The molecule has 0 spiro atoms. The Kier molecular flexibility index (Phi) is 5.98. The number of ether oxygens (including phenoxy) is 1. The molecule has 0 unspecified atom stereocenters. The number of benzene rings is 2. The molecule has 0 radical (unpaired) electrons. The van der Waals surface area contributed by atoms with Gasteiger partial charge in [-0.1, -0.05) is 30.3 Å². The van der Waals surface area contributed by atoms with Gasteiger partial charge in [0.2, 0.25) is 11.8 Å². The summed E-state index contributed by atoms with van der Waals surface area (Å²) in [5.74, 6) is 0.327. The van der Waals surface area contributed by atoms with Crippen molar-refractivity contribution in [2.24, 2.45) is 22.6 Å². The largest absolute Gasteiger partial charge is 0.487 e. The molecule has 1 fully saturated rings.